The van der Waals surface area contributed by atoms with E-state index >= 15 is 0 Å². The number of carbonyl (C=O) groups excluding carboxylic acids is 1. The van der Waals surface area contributed by atoms with Crippen LogP contribution < -0.4 is 0 Å². The Morgan fingerprint density at radius 2 is 2.29 bits per heavy atom. The molecule has 0 spiro atoms. The number of amides is 1. The molecule has 0 saturated carbocycles. The highest BCUT2D eigenvalue weighted by molar-refractivity contribution is 6.33. The minimum atomic E-state index is -0.158. The van der Waals surface area contributed by atoms with Gasteiger partial charge in [0.15, 0.2) is 0 Å². The zero-order chi connectivity index (χ0) is 12.4. The van der Waals surface area contributed by atoms with Crippen LogP contribution in [-0.2, 0) is 0 Å². The van der Waals surface area contributed by atoms with Gasteiger partial charge in [-0.1, -0.05) is 11.6 Å². The third-order valence-electron chi connectivity index (χ3n) is 3.00. The van der Waals surface area contributed by atoms with Crippen molar-refractivity contribution in [1.82, 2.24) is 4.90 Å². The molecule has 1 saturated heterocycles. The number of halogens is 2. The molecule has 0 aromatic heterocycles. The average molecular weight is 274 g/mol. The molecule has 1 aromatic carbocycles. The van der Waals surface area contributed by atoms with E-state index in [1.165, 1.54) is 18.2 Å². The highest BCUT2D eigenvalue weighted by Crippen LogP contribution is 2.26. The summed E-state index contributed by atoms with van der Waals surface area (Å²) in [5.41, 5.74) is 0.337. The van der Waals surface area contributed by atoms with Gasteiger partial charge in [0.1, 0.15) is 5.75 Å². The van der Waals surface area contributed by atoms with Gasteiger partial charge in [0, 0.05) is 18.5 Å². The SMILES string of the molecule is O=C(c1cc(O)ccc1Cl)N1CCCC1CCl. The van der Waals surface area contributed by atoms with Crippen molar-refractivity contribution >= 4 is 29.1 Å². The third-order valence-corrected chi connectivity index (χ3v) is 3.68. The number of benzene rings is 1. The van der Waals surface area contributed by atoms with Crippen LogP contribution >= 0.6 is 23.2 Å². The van der Waals surface area contributed by atoms with Crippen molar-refractivity contribution in [3.05, 3.63) is 28.8 Å². The predicted molar refractivity (Wildman–Crippen MR) is 67.9 cm³/mol. The third kappa shape index (κ3) is 2.50. The number of nitrogens with zero attached hydrogens (tertiary/aromatic N) is 1. The summed E-state index contributed by atoms with van der Waals surface area (Å²) in [6.45, 7) is 0.697. The molecule has 1 unspecified atom stereocenters. The van der Waals surface area contributed by atoms with Gasteiger partial charge in [0.05, 0.1) is 10.6 Å². The van der Waals surface area contributed by atoms with Gasteiger partial charge in [-0.05, 0) is 31.0 Å². The molecule has 1 aliphatic heterocycles. The van der Waals surface area contributed by atoms with E-state index in [0.29, 0.717) is 23.0 Å². The Kier molecular flexibility index (Phi) is 3.79. The highest BCUT2D eigenvalue weighted by atomic mass is 35.5. The average Bonchev–Trinajstić information content (AvgIpc) is 2.79. The van der Waals surface area contributed by atoms with Gasteiger partial charge < -0.3 is 10.0 Å². The van der Waals surface area contributed by atoms with Gasteiger partial charge >= 0.3 is 0 Å². The van der Waals surface area contributed by atoms with E-state index in [-0.39, 0.29) is 17.7 Å². The predicted octanol–water partition coefficient (Wildman–Crippen LogP) is 2.89. The van der Waals surface area contributed by atoms with Crippen LogP contribution in [0.15, 0.2) is 18.2 Å². The van der Waals surface area contributed by atoms with Crippen LogP contribution in [-0.4, -0.2) is 34.4 Å². The maximum atomic E-state index is 12.3. The van der Waals surface area contributed by atoms with E-state index in [0.717, 1.165) is 12.8 Å². The van der Waals surface area contributed by atoms with Crippen molar-refractivity contribution in [3.8, 4) is 5.75 Å². The first kappa shape index (κ1) is 12.5. The molecule has 1 atom stereocenters. The molecule has 5 heteroatoms. The lowest BCUT2D eigenvalue weighted by Crippen LogP contribution is -2.36. The van der Waals surface area contributed by atoms with E-state index in [1.807, 2.05) is 0 Å². The molecule has 1 fully saturated rings. The Labute approximate surface area is 110 Å². The summed E-state index contributed by atoms with van der Waals surface area (Å²) in [5.74, 6) is 0.316. The molecule has 3 nitrogen and oxygen atoms in total. The first-order chi connectivity index (χ1) is 8.13. The van der Waals surface area contributed by atoms with Crippen molar-refractivity contribution in [2.75, 3.05) is 12.4 Å². The van der Waals surface area contributed by atoms with Crippen LogP contribution in [0.3, 0.4) is 0 Å². The van der Waals surface area contributed by atoms with Crippen molar-refractivity contribution in [3.63, 3.8) is 0 Å². The number of likely N-dealkylation sites (tertiary alicyclic amines) is 1. The van der Waals surface area contributed by atoms with E-state index < -0.39 is 0 Å². The molecule has 92 valence electrons. The van der Waals surface area contributed by atoms with Gasteiger partial charge in [-0.15, -0.1) is 11.6 Å². The molecule has 1 amide bonds. The molecule has 0 radical (unpaired) electrons. The van der Waals surface area contributed by atoms with Crippen LogP contribution in [0.1, 0.15) is 23.2 Å². The molecule has 2 rings (SSSR count). The van der Waals surface area contributed by atoms with E-state index in [1.54, 1.807) is 4.90 Å². The fraction of sp³-hybridized carbons (Fsp3) is 0.417. The van der Waals surface area contributed by atoms with Crippen LogP contribution in [0.4, 0.5) is 0 Å². The van der Waals surface area contributed by atoms with Crippen LogP contribution in [0, 0.1) is 0 Å². The second-order valence-corrected chi connectivity index (χ2v) is 4.83. The standard InChI is InChI=1S/C12H13Cl2NO2/c13-7-8-2-1-5-15(8)12(17)10-6-9(16)3-4-11(10)14/h3-4,6,8,16H,1-2,5,7H2. The molecular weight excluding hydrogens is 261 g/mol. The second kappa shape index (κ2) is 5.15. The van der Waals surface area contributed by atoms with Gasteiger partial charge in [0.25, 0.3) is 5.91 Å². The Balaban J connectivity index is 2.27. The fourth-order valence-corrected chi connectivity index (χ4v) is 2.61. The van der Waals surface area contributed by atoms with Gasteiger partial charge in [-0.25, -0.2) is 0 Å². The Hall–Kier alpha value is -0.930. The summed E-state index contributed by atoms with van der Waals surface area (Å²) >= 11 is 11.8. The van der Waals surface area contributed by atoms with Crippen LogP contribution in [0.2, 0.25) is 5.02 Å². The minimum absolute atomic E-state index is 0.0411. The van der Waals surface area contributed by atoms with Crippen molar-refractivity contribution in [2.24, 2.45) is 0 Å². The maximum absolute atomic E-state index is 12.3. The molecule has 1 aliphatic rings. The van der Waals surface area contributed by atoms with Crippen LogP contribution in [0.5, 0.6) is 5.75 Å². The largest absolute Gasteiger partial charge is 0.508 e. The summed E-state index contributed by atoms with van der Waals surface area (Å²) in [6, 6.07) is 4.45. The second-order valence-electron chi connectivity index (χ2n) is 4.11. The molecule has 1 aromatic rings. The van der Waals surface area contributed by atoms with Crippen LogP contribution in [0.25, 0.3) is 0 Å². The number of aromatic hydroxyl groups is 1. The summed E-state index contributed by atoms with van der Waals surface area (Å²) in [7, 11) is 0. The minimum Gasteiger partial charge on any atom is -0.508 e. The first-order valence-corrected chi connectivity index (χ1v) is 6.40. The Morgan fingerprint density at radius 3 is 3.00 bits per heavy atom. The van der Waals surface area contributed by atoms with E-state index in [9.17, 15) is 9.90 Å². The molecule has 1 N–H and O–H groups in total. The summed E-state index contributed by atoms with van der Waals surface area (Å²) in [6.07, 6.45) is 1.88. The topological polar surface area (TPSA) is 40.5 Å². The normalized spacial score (nSPS) is 19.6. The van der Waals surface area contributed by atoms with E-state index in [2.05, 4.69) is 0 Å². The zero-order valence-electron chi connectivity index (χ0n) is 9.20. The zero-order valence-corrected chi connectivity index (χ0v) is 10.7. The maximum Gasteiger partial charge on any atom is 0.255 e. The van der Waals surface area contributed by atoms with Gasteiger partial charge in [-0.2, -0.15) is 0 Å². The summed E-state index contributed by atoms with van der Waals surface area (Å²) in [4.78, 5) is 14.0. The molecule has 17 heavy (non-hydrogen) atoms. The molecule has 1 heterocycles. The number of phenols is 1. The van der Waals surface area contributed by atoms with Crippen molar-refractivity contribution < 1.29 is 9.90 Å². The highest BCUT2D eigenvalue weighted by Gasteiger charge is 2.29. The quantitative estimate of drug-likeness (QED) is 0.842. The smallest absolute Gasteiger partial charge is 0.255 e. The molecular formula is C12H13Cl2NO2. The van der Waals surface area contributed by atoms with Crippen molar-refractivity contribution in [1.29, 1.82) is 0 Å². The fourth-order valence-electron chi connectivity index (χ4n) is 2.10. The lowest BCUT2D eigenvalue weighted by molar-refractivity contribution is 0.0749. The lowest BCUT2D eigenvalue weighted by Gasteiger charge is -2.23. The molecule has 0 aliphatic carbocycles. The lowest BCUT2D eigenvalue weighted by atomic mass is 10.1. The number of hydrogen-bond acceptors (Lipinski definition) is 2. The number of rotatable bonds is 2. The van der Waals surface area contributed by atoms with E-state index in [4.69, 9.17) is 23.2 Å². The Morgan fingerprint density at radius 1 is 1.53 bits per heavy atom. The number of carbonyl (C=O) groups is 1. The Bertz CT molecular complexity index is 437. The monoisotopic (exact) mass is 273 g/mol. The summed E-state index contributed by atoms with van der Waals surface area (Å²) < 4.78 is 0. The summed E-state index contributed by atoms with van der Waals surface area (Å²) in [5, 5.41) is 9.75. The molecule has 0 bridgehead atoms. The van der Waals surface area contributed by atoms with Gasteiger partial charge in [-0.3, -0.25) is 4.79 Å². The van der Waals surface area contributed by atoms with Crippen molar-refractivity contribution in [2.45, 2.75) is 18.9 Å². The number of hydrogen-bond donors (Lipinski definition) is 1. The number of alkyl halides is 1. The number of phenolic OH excluding ortho intramolecular Hbond substituents is 1. The van der Waals surface area contributed by atoms with Gasteiger partial charge in [0.2, 0.25) is 0 Å². The first-order valence-electron chi connectivity index (χ1n) is 5.49.